The molecule has 0 bridgehead atoms. The highest BCUT2D eigenvalue weighted by Crippen LogP contribution is 2.36. The number of hydrogen-bond acceptors (Lipinski definition) is 3. The number of fused-ring (bicyclic) bond motifs is 1. The minimum Gasteiger partial charge on any atom is -0.508 e. The molecule has 0 spiro atoms. The van der Waals surface area contributed by atoms with Gasteiger partial charge in [-0.1, -0.05) is 37.3 Å². The molecule has 3 nitrogen and oxygen atoms in total. The summed E-state index contributed by atoms with van der Waals surface area (Å²) in [5, 5.41) is 13.3. The van der Waals surface area contributed by atoms with E-state index in [1.165, 1.54) is 5.56 Å². The highest BCUT2D eigenvalue weighted by atomic mass is 16.5. The number of phenols is 1. The summed E-state index contributed by atoms with van der Waals surface area (Å²) in [5.74, 6) is 1.68. The van der Waals surface area contributed by atoms with Gasteiger partial charge in [0.15, 0.2) is 0 Å². The van der Waals surface area contributed by atoms with E-state index in [1.807, 2.05) is 36.4 Å². The minimum atomic E-state index is 0.163. The van der Waals surface area contributed by atoms with E-state index in [0.29, 0.717) is 11.7 Å². The van der Waals surface area contributed by atoms with Crippen LogP contribution < -0.4 is 10.1 Å². The molecular formula is C18H21NO2. The molecule has 0 radical (unpaired) electrons. The summed E-state index contributed by atoms with van der Waals surface area (Å²) in [7, 11) is 0. The van der Waals surface area contributed by atoms with Gasteiger partial charge >= 0.3 is 0 Å². The van der Waals surface area contributed by atoms with E-state index in [4.69, 9.17) is 4.74 Å². The van der Waals surface area contributed by atoms with Gasteiger partial charge in [-0.25, -0.2) is 0 Å². The number of phenolic OH excluding ortho intramolecular Hbond substituents is 1. The molecule has 0 aromatic heterocycles. The molecule has 0 fully saturated rings. The fourth-order valence-electron chi connectivity index (χ4n) is 2.91. The zero-order chi connectivity index (χ0) is 14.8. The molecule has 0 saturated carbocycles. The highest BCUT2D eigenvalue weighted by molar-refractivity contribution is 5.38. The van der Waals surface area contributed by atoms with Gasteiger partial charge in [-0.05, 0) is 30.7 Å². The maximum atomic E-state index is 9.63. The third-order valence-corrected chi connectivity index (χ3v) is 4.12. The van der Waals surface area contributed by atoms with Crippen molar-refractivity contribution >= 4 is 0 Å². The summed E-state index contributed by atoms with van der Waals surface area (Å²) in [5.41, 5.74) is 2.30. The lowest BCUT2D eigenvalue weighted by molar-refractivity contribution is 0.182. The lowest BCUT2D eigenvalue weighted by Crippen LogP contribution is -2.35. The normalized spacial score (nSPS) is 22.2. The summed E-state index contributed by atoms with van der Waals surface area (Å²) in [6.07, 6.45) is 0. The average Bonchev–Trinajstić information content (AvgIpc) is 2.50. The van der Waals surface area contributed by atoms with Crippen molar-refractivity contribution in [2.75, 3.05) is 6.61 Å². The Morgan fingerprint density at radius 2 is 2.00 bits per heavy atom. The molecule has 0 aliphatic carbocycles. The van der Waals surface area contributed by atoms with Gasteiger partial charge in [-0.3, -0.25) is 0 Å². The SMILES string of the molecule is CC(NC1c2ccccc2OCC1C)c1cccc(O)c1. The molecule has 1 heterocycles. The third kappa shape index (κ3) is 2.88. The Morgan fingerprint density at radius 3 is 2.81 bits per heavy atom. The quantitative estimate of drug-likeness (QED) is 0.900. The topological polar surface area (TPSA) is 41.5 Å². The predicted octanol–water partition coefficient (Wildman–Crippen LogP) is 3.81. The number of para-hydroxylation sites is 1. The molecule has 3 heteroatoms. The molecular weight excluding hydrogens is 262 g/mol. The van der Waals surface area contributed by atoms with Crippen molar-refractivity contribution in [3.05, 3.63) is 59.7 Å². The minimum absolute atomic E-state index is 0.163. The lowest BCUT2D eigenvalue weighted by atomic mass is 9.91. The van der Waals surface area contributed by atoms with Crippen LogP contribution in [0.15, 0.2) is 48.5 Å². The molecule has 110 valence electrons. The van der Waals surface area contributed by atoms with Crippen LogP contribution in [-0.2, 0) is 0 Å². The molecule has 2 aromatic rings. The van der Waals surface area contributed by atoms with Crippen LogP contribution in [0.3, 0.4) is 0 Å². The Balaban J connectivity index is 1.84. The van der Waals surface area contributed by atoms with Gasteiger partial charge in [0.25, 0.3) is 0 Å². The van der Waals surface area contributed by atoms with Crippen LogP contribution in [0.25, 0.3) is 0 Å². The second kappa shape index (κ2) is 5.78. The Morgan fingerprint density at radius 1 is 1.19 bits per heavy atom. The van der Waals surface area contributed by atoms with Crippen molar-refractivity contribution in [2.45, 2.75) is 25.9 Å². The number of ether oxygens (including phenoxy) is 1. The molecule has 2 aromatic carbocycles. The van der Waals surface area contributed by atoms with Gasteiger partial charge in [-0.15, -0.1) is 0 Å². The monoisotopic (exact) mass is 283 g/mol. The fourth-order valence-corrected chi connectivity index (χ4v) is 2.91. The van der Waals surface area contributed by atoms with Crippen molar-refractivity contribution in [1.82, 2.24) is 5.32 Å². The van der Waals surface area contributed by atoms with Crippen molar-refractivity contribution in [3.8, 4) is 11.5 Å². The first-order valence-corrected chi connectivity index (χ1v) is 7.42. The highest BCUT2D eigenvalue weighted by Gasteiger charge is 2.28. The van der Waals surface area contributed by atoms with E-state index < -0.39 is 0 Å². The number of benzene rings is 2. The van der Waals surface area contributed by atoms with E-state index in [2.05, 4.69) is 25.2 Å². The summed E-state index contributed by atoms with van der Waals surface area (Å²) in [4.78, 5) is 0. The summed E-state index contributed by atoms with van der Waals surface area (Å²) in [6, 6.07) is 16.0. The van der Waals surface area contributed by atoms with E-state index in [-0.39, 0.29) is 12.1 Å². The van der Waals surface area contributed by atoms with Crippen LogP contribution in [0.5, 0.6) is 11.5 Å². The predicted molar refractivity (Wildman–Crippen MR) is 83.5 cm³/mol. The standard InChI is InChI=1S/C18H21NO2/c1-12-11-21-17-9-4-3-8-16(17)18(12)19-13(2)14-6-5-7-15(20)10-14/h3-10,12-13,18-20H,11H2,1-2H3. The van der Waals surface area contributed by atoms with Crippen LogP contribution in [0.2, 0.25) is 0 Å². The molecule has 0 amide bonds. The summed E-state index contributed by atoms with van der Waals surface area (Å²) in [6.45, 7) is 5.05. The van der Waals surface area contributed by atoms with Gasteiger partial charge in [-0.2, -0.15) is 0 Å². The number of nitrogens with one attached hydrogen (secondary N) is 1. The summed E-state index contributed by atoms with van der Waals surface area (Å²) >= 11 is 0. The molecule has 2 N–H and O–H groups in total. The smallest absolute Gasteiger partial charge is 0.124 e. The first-order chi connectivity index (χ1) is 10.1. The van der Waals surface area contributed by atoms with Crippen molar-refractivity contribution in [2.24, 2.45) is 5.92 Å². The second-order valence-corrected chi connectivity index (χ2v) is 5.79. The third-order valence-electron chi connectivity index (χ3n) is 4.12. The van der Waals surface area contributed by atoms with Crippen LogP contribution in [0.4, 0.5) is 0 Å². The van der Waals surface area contributed by atoms with Crippen molar-refractivity contribution in [1.29, 1.82) is 0 Å². The maximum absolute atomic E-state index is 9.63. The molecule has 0 saturated heterocycles. The number of hydrogen-bond donors (Lipinski definition) is 2. The largest absolute Gasteiger partial charge is 0.508 e. The zero-order valence-corrected chi connectivity index (χ0v) is 12.4. The molecule has 21 heavy (non-hydrogen) atoms. The molecule has 3 atom stereocenters. The van der Waals surface area contributed by atoms with Gasteiger partial charge in [0.05, 0.1) is 6.61 Å². The Kier molecular flexibility index (Phi) is 3.84. The second-order valence-electron chi connectivity index (χ2n) is 5.79. The van der Waals surface area contributed by atoms with Crippen molar-refractivity contribution in [3.63, 3.8) is 0 Å². The van der Waals surface area contributed by atoms with E-state index >= 15 is 0 Å². The van der Waals surface area contributed by atoms with Crippen LogP contribution in [0.1, 0.15) is 37.1 Å². The van der Waals surface area contributed by atoms with Gasteiger partial charge in [0.1, 0.15) is 11.5 Å². The van der Waals surface area contributed by atoms with E-state index in [9.17, 15) is 5.11 Å². The van der Waals surface area contributed by atoms with Crippen molar-refractivity contribution < 1.29 is 9.84 Å². The Labute approximate surface area is 125 Å². The fraction of sp³-hybridized carbons (Fsp3) is 0.333. The van der Waals surface area contributed by atoms with E-state index in [1.54, 1.807) is 6.07 Å². The lowest BCUT2D eigenvalue weighted by Gasteiger charge is -2.34. The van der Waals surface area contributed by atoms with Gasteiger partial charge in [0, 0.05) is 23.6 Å². The van der Waals surface area contributed by atoms with Crippen LogP contribution >= 0.6 is 0 Å². The average molecular weight is 283 g/mol. The number of rotatable bonds is 3. The first-order valence-electron chi connectivity index (χ1n) is 7.42. The molecule has 1 aliphatic rings. The molecule has 3 unspecified atom stereocenters. The van der Waals surface area contributed by atoms with E-state index in [0.717, 1.165) is 17.9 Å². The number of aromatic hydroxyl groups is 1. The van der Waals surface area contributed by atoms with Gasteiger partial charge < -0.3 is 15.2 Å². The van der Waals surface area contributed by atoms with Gasteiger partial charge in [0.2, 0.25) is 0 Å². The Bertz CT molecular complexity index is 626. The van der Waals surface area contributed by atoms with Crippen LogP contribution in [0, 0.1) is 5.92 Å². The molecule has 1 aliphatic heterocycles. The van der Waals surface area contributed by atoms with Crippen LogP contribution in [-0.4, -0.2) is 11.7 Å². The zero-order valence-electron chi connectivity index (χ0n) is 12.4. The molecule has 3 rings (SSSR count). The Hall–Kier alpha value is -2.00. The maximum Gasteiger partial charge on any atom is 0.124 e. The summed E-state index contributed by atoms with van der Waals surface area (Å²) < 4.78 is 5.79. The first kappa shape index (κ1) is 14.0.